The fraction of sp³-hybridized carbons (Fsp3) is 0.0833. The van der Waals surface area contributed by atoms with E-state index in [0.29, 0.717) is 9.77 Å². The predicted molar refractivity (Wildman–Crippen MR) is 79.0 cm³/mol. The molecular weight excluding hydrogens is 375 g/mol. The van der Waals surface area contributed by atoms with Crippen molar-refractivity contribution in [3.63, 3.8) is 0 Å². The number of halogens is 3. The summed E-state index contributed by atoms with van der Waals surface area (Å²) >= 11 is 10.2. The molecule has 0 saturated carbocycles. The highest BCUT2D eigenvalue weighted by Gasteiger charge is 2.15. The molecule has 0 N–H and O–H groups in total. The van der Waals surface area contributed by atoms with Crippen LogP contribution in [0, 0.1) is 5.82 Å². The lowest BCUT2D eigenvalue weighted by Crippen LogP contribution is -2.09. The summed E-state index contributed by atoms with van der Waals surface area (Å²) < 4.78 is 25.8. The van der Waals surface area contributed by atoms with Gasteiger partial charge in [0, 0.05) is 4.90 Å². The Morgan fingerprint density at radius 1 is 1.37 bits per heavy atom. The summed E-state index contributed by atoms with van der Waals surface area (Å²) in [7, 11) is -1.53. The molecule has 0 amide bonds. The second kappa shape index (κ2) is 6.26. The highest BCUT2D eigenvalue weighted by Crippen LogP contribution is 2.24. The van der Waals surface area contributed by atoms with Gasteiger partial charge in [0.25, 0.3) is 0 Å². The molecule has 0 aliphatic rings. The van der Waals surface area contributed by atoms with Crippen LogP contribution in [0.3, 0.4) is 0 Å². The van der Waals surface area contributed by atoms with E-state index >= 15 is 0 Å². The van der Waals surface area contributed by atoms with Gasteiger partial charge < -0.3 is 0 Å². The van der Waals surface area contributed by atoms with Gasteiger partial charge in [0.1, 0.15) is 5.82 Å². The van der Waals surface area contributed by atoms with E-state index in [2.05, 4.69) is 15.9 Å². The minimum atomic E-state index is -1.53. The lowest BCUT2D eigenvalue weighted by atomic mass is 10.3. The van der Waals surface area contributed by atoms with E-state index < -0.39 is 16.6 Å². The molecule has 0 bridgehead atoms. The smallest absolute Gasteiger partial charge is 0.185 e. The van der Waals surface area contributed by atoms with Crippen molar-refractivity contribution < 1.29 is 13.4 Å². The standard InChI is InChI=1S/C12H7BrClFO2S2/c13-12-4-3-11(18-12)10(16)6-19(17)7-1-2-9(15)8(14)5-7/h1-5H,6H2. The van der Waals surface area contributed by atoms with Crippen LogP contribution in [0.1, 0.15) is 9.67 Å². The maximum absolute atomic E-state index is 13.0. The van der Waals surface area contributed by atoms with E-state index in [-0.39, 0.29) is 16.6 Å². The largest absolute Gasteiger partial charge is 0.292 e. The highest BCUT2D eigenvalue weighted by atomic mass is 79.9. The van der Waals surface area contributed by atoms with Gasteiger partial charge in [-0.2, -0.15) is 0 Å². The van der Waals surface area contributed by atoms with Gasteiger partial charge in [-0.3, -0.25) is 9.00 Å². The Balaban J connectivity index is 2.12. The van der Waals surface area contributed by atoms with Crippen molar-refractivity contribution in [1.82, 2.24) is 0 Å². The number of rotatable bonds is 4. The van der Waals surface area contributed by atoms with Crippen LogP contribution in [-0.2, 0) is 10.8 Å². The van der Waals surface area contributed by atoms with Crippen LogP contribution in [0.4, 0.5) is 4.39 Å². The highest BCUT2D eigenvalue weighted by molar-refractivity contribution is 9.11. The molecule has 2 rings (SSSR count). The summed E-state index contributed by atoms with van der Waals surface area (Å²) in [4.78, 5) is 12.8. The molecule has 1 atom stereocenters. The summed E-state index contributed by atoms with van der Waals surface area (Å²) in [6, 6.07) is 7.23. The number of Topliss-reactive ketones (excluding diaryl/α,β-unsaturated/α-hetero) is 1. The van der Waals surface area contributed by atoms with Crippen LogP contribution in [-0.4, -0.2) is 15.7 Å². The van der Waals surface area contributed by atoms with E-state index in [0.717, 1.165) is 9.85 Å². The summed E-state index contributed by atoms with van der Waals surface area (Å²) in [6.07, 6.45) is 0. The van der Waals surface area contributed by atoms with E-state index in [9.17, 15) is 13.4 Å². The average Bonchev–Trinajstić information content (AvgIpc) is 2.79. The van der Waals surface area contributed by atoms with Crippen LogP contribution in [0.5, 0.6) is 0 Å². The van der Waals surface area contributed by atoms with E-state index in [1.54, 1.807) is 12.1 Å². The summed E-state index contributed by atoms with van der Waals surface area (Å²) in [5.41, 5.74) is 0. The molecule has 100 valence electrons. The van der Waals surface area contributed by atoms with Crippen LogP contribution in [0.25, 0.3) is 0 Å². The minimum Gasteiger partial charge on any atom is -0.292 e. The number of hydrogen-bond acceptors (Lipinski definition) is 3. The SMILES string of the molecule is O=C(CS(=O)c1ccc(F)c(Cl)c1)c1ccc(Br)s1. The first kappa shape index (κ1) is 14.8. The van der Waals surface area contributed by atoms with Crippen molar-refractivity contribution >= 4 is 55.5 Å². The Kier molecular flexibility index (Phi) is 4.89. The molecule has 0 aliphatic heterocycles. The van der Waals surface area contributed by atoms with Crippen molar-refractivity contribution in [1.29, 1.82) is 0 Å². The molecule has 2 nitrogen and oxygen atoms in total. The zero-order valence-electron chi connectivity index (χ0n) is 9.36. The zero-order valence-corrected chi connectivity index (χ0v) is 13.3. The fourth-order valence-corrected chi connectivity index (χ4v) is 4.05. The van der Waals surface area contributed by atoms with Gasteiger partial charge in [-0.25, -0.2) is 4.39 Å². The van der Waals surface area contributed by atoms with Gasteiger partial charge in [-0.05, 0) is 46.3 Å². The van der Waals surface area contributed by atoms with Crippen LogP contribution < -0.4 is 0 Å². The van der Waals surface area contributed by atoms with Gasteiger partial charge in [0.15, 0.2) is 5.78 Å². The van der Waals surface area contributed by atoms with Crippen molar-refractivity contribution in [3.8, 4) is 0 Å². The molecule has 1 aromatic heterocycles. The average molecular weight is 382 g/mol. The van der Waals surface area contributed by atoms with Gasteiger partial charge in [-0.15, -0.1) is 11.3 Å². The fourth-order valence-electron chi connectivity index (χ4n) is 1.36. The second-order valence-corrected chi connectivity index (χ2v) is 7.91. The molecule has 7 heteroatoms. The van der Waals surface area contributed by atoms with Gasteiger partial charge in [0.2, 0.25) is 0 Å². The third-order valence-corrected chi connectivity index (χ3v) is 5.52. The first-order valence-electron chi connectivity index (χ1n) is 5.09. The zero-order chi connectivity index (χ0) is 14.0. The van der Waals surface area contributed by atoms with Crippen molar-refractivity contribution in [2.45, 2.75) is 4.90 Å². The number of hydrogen-bond donors (Lipinski definition) is 0. The van der Waals surface area contributed by atoms with Crippen LogP contribution >= 0.6 is 38.9 Å². The minimum absolute atomic E-state index is 0.0998. The molecule has 0 fully saturated rings. The topological polar surface area (TPSA) is 34.1 Å². The summed E-state index contributed by atoms with van der Waals surface area (Å²) in [5.74, 6) is -0.931. The molecule has 1 unspecified atom stereocenters. The maximum atomic E-state index is 13.0. The van der Waals surface area contributed by atoms with E-state index in [1.165, 1.54) is 23.5 Å². The normalized spacial score (nSPS) is 12.4. The summed E-state index contributed by atoms with van der Waals surface area (Å²) in [5, 5.41) is -0.0998. The maximum Gasteiger partial charge on any atom is 0.185 e. The molecule has 0 radical (unpaired) electrons. The molecule has 0 aliphatic carbocycles. The Hall–Kier alpha value is -0.560. The molecule has 0 saturated heterocycles. The lowest BCUT2D eigenvalue weighted by Gasteiger charge is -2.02. The van der Waals surface area contributed by atoms with Crippen molar-refractivity contribution in [3.05, 3.63) is 49.8 Å². The number of thiophene rings is 1. The second-order valence-electron chi connectivity index (χ2n) is 3.59. The molecule has 1 aromatic carbocycles. The Morgan fingerprint density at radius 3 is 2.68 bits per heavy atom. The van der Waals surface area contributed by atoms with Gasteiger partial charge in [0.05, 0.1) is 30.2 Å². The van der Waals surface area contributed by atoms with E-state index in [1.807, 2.05) is 0 Å². The third-order valence-electron chi connectivity index (χ3n) is 2.26. The van der Waals surface area contributed by atoms with Crippen molar-refractivity contribution in [2.24, 2.45) is 0 Å². The lowest BCUT2D eigenvalue weighted by molar-refractivity contribution is 0.102. The van der Waals surface area contributed by atoms with E-state index in [4.69, 9.17) is 11.6 Å². The first-order chi connectivity index (χ1) is 8.97. The number of benzene rings is 1. The van der Waals surface area contributed by atoms with Crippen LogP contribution in [0.2, 0.25) is 5.02 Å². The monoisotopic (exact) mass is 380 g/mol. The first-order valence-corrected chi connectivity index (χ1v) is 8.40. The Bertz CT molecular complexity index is 657. The Labute approximate surface area is 129 Å². The van der Waals surface area contributed by atoms with Crippen molar-refractivity contribution in [2.75, 3.05) is 5.75 Å². The van der Waals surface area contributed by atoms with Crippen LogP contribution in [0.15, 0.2) is 39.0 Å². The molecule has 19 heavy (non-hydrogen) atoms. The molecular formula is C12H7BrClFO2S2. The molecule has 2 aromatic rings. The summed E-state index contributed by atoms with van der Waals surface area (Å²) in [6.45, 7) is 0. The molecule has 1 heterocycles. The number of ketones is 1. The molecule has 0 spiro atoms. The third kappa shape index (κ3) is 3.72. The van der Waals surface area contributed by atoms with Gasteiger partial charge in [-0.1, -0.05) is 11.6 Å². The van der Waals surface area contributed by atoms with Gasteiger partial charge >= 0.3 is 0 Å². The number of carbonyl (C=O) groups excluding carboxylic acids is 1. The quantitative estimate of drug-likeness (QED) is 0.740. The Morgan fingerprint density at radius 2 is 2.11 bits per heavy atom. The number of carbonyl (C=O) groups is 1. The predicted octanol–water partition coefficient (Wildman–Crippen LogP) is 4.29.